The zero-order chi connectivity index (χ0) is 9.84. The van der Waals surface area contributed by atoms with Crippen LogP contribution in [0, 0.1) is 13.1 Å². The third kappa shape index (κ3) is 3.08. The van der Waals surface area contributed by atoms with E-state index in [0.29, 0.717) is 5.56 Å². The van der Waals surface area contributed by atoms with Crippen LogP contribution < -0.4 is 0 Å². The summed E-state index contributed by atoms with van der Waals surface area (Å²) in [5.41, 5.74) is 0.644. The van der Waals surface area contributed by atoms with Gasteiger partial charge in [0.05, 0.1) is 5.78 Å². The molecule has 0 saturated heterocycles. The van der Waals surface area contributed by atoms with Gasteiger partial charge in [-0.05, 0) is 0 Å². The van der Waals surface area contributed by atoms with Crippen LogP contribution >= 0.6 is 0 Å². The van der Waals surface area contributed by atoms with E-state index in [4.69, 9.17) is 5.11 Å². The van der Waals surface area contributed by atoms with Crippen LogP contribution in [0.1, 0.15) is 15.9 Å². The maximum absolute atomic E-state index is 12.7. The predicted molar refractivity (Wildman–Crippen MR) is 46.7 cm³/mol. The summed E-state index contributed by atoms with van der Waals surface area (Å²) < 4.78 is 12.7. The second kappa shape index (κ2) is 6.17. The molecule has 1 aromatic carbocycles. The predicted octanol–water partition coefficient (Wildman–Crippen LogP) is 1.54. The van der Waals surface area contributed by atoms with Crippen LogP contribution in [0.2, 0.25) is 0 Å². The molecule has 14 heavy (non-hydrogen) atoms. The number of rotatable bonds is 3. The second-order valence-electron chi connectivity index (χ2n) is 2.55. The van der Waals surface area contributed by atoms with E-state index in [1.165, 1.54) is 6.07 Å². The van der Waals surface area contributed by atoms with Crippen LogP contribution in [-0.2, 0) is 32.7 Å². The first-order valence-electron chi connectivity index (χ1n) is 3.74. The Morgan fingerprint density at radius 3 is 2.57 bits per heavy atom. The Morgan fingerprint density at radius 1 is 1.50 bits per heavy atom. The summed E-state index contributed by atoms with van der Waals surface area (Å²) in [5.74, 6) is -0.798. The van der Waals surface area contributed by atoms with Gasteiger partial charge in [0.25, 0.3) is 0 Å². The molecule has 0 spiro atoms. The molecule has 0 bridgehead atoms. The molecule has 4 heteroatoms. The molecule has 0 aliphatic carbocycles. The molecule has 0 aromatic heterocycles. The number of aliphatic hydroxyl groups excluding tert-OH is 1. The van der Waals surface area contributed by atoms with Gasteiger partial charge in [0, 0.05) is 45.5 Å². The van der Waals surface area contributed by atoms with Crippen molar-refractivity contribution in [1.29, 1.82) is 0 Å². The van der Waals surface area contributed by atoms with Gasteiger partial charge >= 0.3 is 0 Å². The van der Waals surface area contributed by atoms with Crippen molar-refractivity contribution in [3.63, 3.8) is 0 Å². The van der Waals surface area contributed by atoms with Crippen molar-refractivity contribution in [2.45, 2.75) is 0 Å². The molecule has 1 radical (unpaired) electrons. The molecule has 2 nitrogen and oxygen atoms in total. The summed E-state index contributed by atoms with van der Waals surface area (Å²) in [6, 6.07) is 6.40. The summed E-state index contributed by atoms with van der Waals surface area (Å²) in [6.45, 7) is 2.71. The van der Waals surface area contributed by atoms with Crippen LogP contribution in [-0.4, -0.2) is 17.5 Å². The Labute approximate surface area is 107 Å². The van der Waals surface area contributed by atoms with Crippen molar-refractivity contribution in [3.05, 3.63) is 48.5 Å². The van der Waals surface area contributed by atoms with Gasteiger partial charge in [-0.2, -0.15) is 6.07 Å². The van der Waals surface area contributed by atoms with E-state index in [1.807, 2.05) is 0 Å². The van der Waals surface area contributed by atoms with Crippen LogP contribution in [0.25, 0.3) is 0 Å². The number of carbonyl (C=O) groups is 1. The number of Topliss-reactive ketones (excluding diaryl/α,β-unsaturated/α-hetero) is 1. The maximum Gasteiger partial charge on any atom is 0.0586 e. The minimum atomic E-state index is -1.06. The van der Waals surface area contributed by atoms with Crippen LogP contribution in [0.15, 0.2) is 24.3 Å². The monoisotopic (exact) mass is 269 g/mol. The third-order valence-electron chi connectivity index (χ3n) is 1.65. The molecule has 1 N–H and O–H groups in total. The molecule has 0 aliphatic rings. The zero-order valence-corrected chi connectivity index (χ0v) is 10.4. The van der Waals surface area contributed by atoms with Crippen molar-refractivity contribution in [3.8, 4) is 0 Å². The fourth-order valence-corrected chi connectivity index (χ4v) is 0.960. The van der Waals surface area contributed by atoms with E-state index < -0.39 is 18.6 Å². The standard InChI is InChI=1S/C10H9FO2.Y/c1-7-4-2-3-5-8(7)10(13)9(11)6-12;/h2-5,12H,1,6H2;/q-2;. The van der Waals surface area contributed by atoms with E-state index in [-0.39, 0.29) is 38.3 Å². The van der Waals surface area contributed by atoms with Crippen LogP contribution in [0.4, 0.5) is 4.39 Å². The fourth-order valence-electron chi connectivity index (χ4n) is 0.960. The molecule has 0 atom stereocenters. The SMILES string of the molecule is [CH2-]c1ccccc1C(=O)[C-](F)CO.[Y]. The molecule has 0 aliphatic heterocycles. The van der Waals surface area contributed by atoms with E-state index in [9.17, 15) is 9.18 Å². The Morgan fingerprint density at radius 2 is 2.07 bits per heavy atom. The zero-order valence-electron chi connectivity index (χ0n) is 7.53. The maximum atomic E-state index is 12.7. The van der Waals surface area contributed by atoms with Crippen molar-refractivity contribution < 1.29 is 47.0 Å². The smallest absolute Gasteiger partial charge is 0.0586 e. The molecular weight excluding hydrogens is 260 g/mol. The quantitative estimate of drug-likeness (QED) is 0.667. The average Bonchev–Trinajstić information content (AvgIpc) is 2.16. The summed E-state index contributed by atoms with van der Waals surface area (Å²) in [7, 11) is 0. The van der Waals surface area contributed by atoms with Gasteiger partial charge in [-0.15, -0.1) is 17.7 Å². The molecule has 0 unspecified atom stereocenters. The molecule has 0 fully saturated rings. The van der Waals surface area contributed by atoms with E-state index >= 15 is 0 Å². The number of ketones is 1. The average molecular weight is 269 g/mol. The van der Waals surface area contributed by atoms with Crippen molar-refractivity contribution in [1.82, 2.24) is 0 Å². The molecule has 73 valence electrons. The second-order valence-corrected chi connectivity index (χ2v) is 2.55. The van der Waals surface area contributed by atoms with E-state index in [0.717, 1.165) is 0 Å². The number of benzene rings is 1. The largest absolute Gasteiger partial charge is 0.407 e. The summed E-state index contributed by atoms with van der Waals surface area (Å²) in [4.78, 5) is 11.2. The number of carbonyl (C=O) groups excluding carboxylic acids is 1. The number of hydrogen-bond donors (Lipinski definition) is 1. The first-order chi connectivity index (χ1) is 6.16. The normalized spacial score (nSPS) is 9.00. The van der Waals surface area contributed by atoms with Gasteiger partial charge in [-0.1, -0.05) is 6.07 Å². The molecule has 0 saturated carbocycles. The Balaban J connectivity index is 0.00000169. The van der Waals surface area contributed by atoms with Crippen LogP contribution in [0.3, 0.4) is 0 Å². The molecule has 0 amide bonds. The summed E-state index contributed by atoms with van der Waals surface area (Å²) in [6.07, 6.45) is -1.06. The number of hydrogen-bond acceptors (Lipinski definition) is 2. The molecular formula is C10H9FO2Y-2. The van der Waals surface area contributed by atoms with E-state index in [2.05, 4.69) is 6.92 Å². The molecule has 1 rings (SSSR count). The van der Waals surface area contributed by atoms with Gasteiger partial charge in [-0.25, -0.2) is 12.5 Å². The minimum Gasteiger partial charge on any atom is -0.407 e. The van der Waals surface area contributed by atoms with Gasteiger partial charge in [0.15, 0.2) is 0 Å². The Kier molecular flexibility index (Phi) is 6.01. The Bertz CT molecular complexity index is 315. The first-order valence-corrected chi connectivity index (χ1v) is 3.74. The molecule has 0 heterocycles. The van der Waals surface area contributed by atoms with E-state index in [1.54, 1.807) is 18.2 Å². The van der Waals surface area contributed by atoms with Crippen molar-refractivity contribution in [2.75, 3.05) is 6.61 Å². The van der Waals surface area contributed by atoms with Gasteiger partial charge < -0.3 is 14.3 Å². The van der Waals surface area contributed by atoms with Crippen molar-refractivity contribution >= 4 is 5.78 Å². The van der Waals surface area contributed by atoms with Crippen molar-refractivity contribution in [2.24, 2.45) is 0 Å². The van der Waals surface area contributed by atoms with Gasteiger partial charge in [-0.3, -0.25) is 0 Å². The fraction of sp³-hybridized carbons (Fsp3) is 0.100. The first kappa shape index (κ1) is 13.6. The van der Waals surface area contributed by atoms with Gasteiger partial charge in [0.1, 0.15) is 0 Å². The third-order valence-corrected chi connectivity index (χ3v) is 1.65. The molecule has 1 aromatic rings. The van der Waals surface area contributed by atoms with Crippen LogP contribution in [0.5, 0.6) is 0 Å². The number of aliphatic hydroxyl groups is 1. The summed E-state index contributed by atoms with van der Waals surface area (Å²) in [5, 5.41) is 8.40. The Hall–Kier alpha value is -0.376. The topological polar surface area (TPSA) is 37.3 Å². The summed E-state index contributed by atoms with van der Waals surface area (Å²) >= 11 is 0. The van der Waals surface area contributed by atoms with Gasteiger partial charge in [0.2, 0.25) is 0 Å². The number of halogens is 1. The minimum absolute atomic E-state index is 0.